The molecule has 1 aliphatic rings. The van der Waals surface area contributed by atoms with Crippen molar-refractivity contribution in [2.45, 2.75) is 11.0 Å². The molecule has 1 aromatic carbocycles. The summed E-state index contributed by atoms with van der Waals surface area (Å²) in [7, 11) is -4.43. The van der Waals surface area contributed by atoms with E-state index in [4.69, 9.17) is 10.5 Å². The summed E-state index contributed by atoms with van der Waals surface area (Å²) in [5, 5.41) is 0. The molecule has 0 aromatic heterocycles. The van der Waals surface area contributed by atoms with E-state index < -0.39 is 50.9 Å². The van der Waals surface area contributed by atoms with Crippen molar-refractivity contribution in [1.29, 1.82) is 0 Å². The van der Waals surface area contributed by atoms with Gasteiger partial charge in [-0.3, -0.25) is 4.79 Å². The number of carbonyl (C=O) groups is 1. The first-order chi connectivity index (χ1) is 9.73. The van der Waals surface area contributed by atoms with Gasteiger partial charge in [0.05, 0.1) is 6.61 Å². The quantitative estimate of drug-likeness (QED) is 0.791. The van der Waals surface area contributed by atoms with Gasteiger partial charge in [0.2, 0.25) is 15.9 Å². The molecule has 2 N–H and O–H groups in total. The molecular formula is C11H11F3N2O4S. The number of rotatable bonds is 3. The Bertz CT molecular complexity index is 680. The summed E-state index contributed by atoms with van der Waals surface area (Å²) in [6, 6.07) is 0.406. The van der Waals surface area contributed by atoms with Gasteiger partial charge in [0.25, 0.3) is 0 Å². The van der Waals surface area contributed by atoms with Gasteiger partial charge in [-0.25, -0.2) is 21.6 Å². The third-order valence-electron chi connectivity index (χ3n) is 2.94. The number of carbonyl (C=O) groups excluding carboxylic acids is 1. The fourth-order valence-electron chi connectivity index (χ4n) is 1.86. The van der Waals surface area contributed by atoms with Crippen molar-refractivity contribution >= 4 is 15.9 Å². The Morgan fingerprint density at radius 1 is 1.24 bits per heavy atom. The maximum atomic E-state index is 13.6. The van der Waals surface area contributed by atoms with E-state index in [-0.39, 0.29) is 25.3 Å². The highest BCUT2D eigenvalue weighted by atomic mass is 32.2. The Morgan fingerprint density at radius 2 is 1.86 bits per heavy atom. The lowest BCUT2D eigenvalue weighted by Crippen LogP contribution is -2.50. The Labute approximate surface area is 118 Å². The Balaban J connectivity index is 2.38. The smallest absolute Gasteiger partial charge is 0.247 e. The summed E-state index contributed by atoms with van der Waals surface area (Å²) in [4.78, 5) is 10.0. The first-order valence-electron chi connectivity index (χ1n) is 5.79. The minimum Gasteiger partial charge on any atom is -0.367 e. The molecule has 0 bridgehead atoms. The molecule has 1 unspecified atom stereocenters. The second-order valence-electron chi connectivity index (χ2n) is 4.32. The van der Waals surface area contributed by atoms with Crippen LogP contribution >= 0.6 is 0 Å². The number of ether oxygens (including phenoxy) is 1. The van der Waals surface area contributed by atoms with Crippen molar-refractivity contribution in [2.24, 2.45) is 5.73 Å². The molecule has 0 saturated carbocycles. The van der Waals surface area contributed by atoms with E-state index in [9.17, 15) is 26.4 Å². The van der Waals surface area contributed by atoms with E-state index in [1.807, 2.05) is 0 Å². The number of morpholine rings is 1. The standard InChI is InChI=1S/C11H11F3N2O4S/c12-6-3-8(14)10(4-7(6)13)21(18,19)16-1-2-20-9(5-16)11(15)17/h3-4,9H,1-2,5H2,(H2,15,17). The van der Waals surface area contributed by atoms with Crippen LogP contribution in [0, 0.1) is 17.5 Å². The average molecular weight is 324 g/mol. The van der Waals surface area contributed by atoms with Crippen molar-refractivity contribution in [3.63, 3.8) is 0 Å². The van der Waals surface area contributed by atoms with E-state index in [2.05, 4.69) is 0 Å². The van der Waals surface area contributed by atoms with Crippen LogP contribution in [0.2, 0.25) is 0 Å². The molecule has 2 rings (SSSR count). The molecule has 1 fully saturated rings. The highest BCUT2D eigenvalue weighted by molar-refractivity contribution is 7.89. The first-order valence-corrected chi connectivity index (χ1v) is 7.23. The molecule has 1 aromatic rings. The third kappa shape index (κ3) is 3.01. The highest BCUT2D eigenvalue weighted by Gasteiger charge is 2.35. The van der Waals surface area contributed by atoms with E-state index in [1.165, 1.54) is 0 Å². The molecule has 10 heteroatoms. The average Bonchev–Trinajstić information content (AvgIpc) is 2.42. The van der Waals surface area contributed by atoms with Gasteiger partial charge in [-0.2, -0.15) is 4.31 Å². The number of hydrogen-bond donors (Lipinski definition) is 1. The SMILES string of the molecule is NC(=O)C1CN(S(=O)(=O)c2cc(F)c(F)cc2F)CCO1. The predicted octanol–water partition coefficient (Wildman–Crippen LogP) is -0.0213. The summed E-state index contributed by atoms with van der Waals surface area (Å²) in [6.07, 6.45) is -1.18. The largest absolute Gasteiger partial charge is 0.367 e. The van der Waals surface area contributed by atoms with Crippen LogP contribution in [0.3, 0.4) is 0 Å². The van der Waals surface area contributed by atoms with Gasteiger partial charge < -0.3 is 10.5 Å². The number of primary amides is 1. The van der Waals surface area contributed by atoms with E-state index in [0.29, 0.717) is 0 Å². The molecule has 1 atom stereocenters. The van der Waals surface area contributed by atoms with Gasteiger partial charge in [-0.15, -0.1) is 0 Å². The normalized spacial score (nSPS) is 20.4. The molecule has 21 heavy (non-hydrogen) atoms. The first kappa shape index (κ1) is 15.7. The van der Waals surface area contributed by atoms with E-state index in [0.717, 1.165) is 4.31 Å². The maximum Gasteiger partial charge on any atom is 0.247 e. The minimum atomic E-state index is -4.43. The zero-order valence-electron chi connectivity index (χ0n) is 10.6. The number of hydrogen-bond acceptors (Lipinski definition) is 4. The lowest BCUT2D eigenvalue weighted by atomic mass is 10.3. The molecule has 0 radical (unpaired) electrons. The van der Waals surface area contributed by atoms with Crippen LogP contribution in [-0.4, -0.2) is 44.4 Å². The number of nitrogens with zero attached hydrogens (tertiary/aromatic N) is 1. The summed E-state index contributed by atoms with van der Waals surface area (Å²) in [5.74, 6) is -5.28. The van der Waals surface area contributed by atoms with Crippen molar-refractivity contribution in [2.75, 3.05) is 19.7 Å². The molecule has 6 nitrogen and oxygen atoms in total. The van der Waals surface area contributed by atoms with Crippen molar-refractivity contribution < 1.29 is 31.1 Å². The Morgan fingerprint density at radius 3 is 2.48 bits per heavy atom. The zero-order chi connectivity index (χ0) is 15.8. The van der Waals surface area contributed by atoms with Crippen LogP contribution in [-0.2, 0) is 19.6 Å². The van der Waals surface area contributed by atoms with Gasteiger partial charge in [-0.05, 0) is 6.07 Å². The van der Waals surface area contributed by atoms with Gasteiger partial charge in [0.1, 0.15) is 16.8 Å². The lowest BCUT2D eigenvalue weighted by Gasteiger charge is -2.30. The van der Waals surface area contributed by atoms with Crippen LogP contribution in [0.1, 0.15) is 0 Å². The molecule has 116 valence electrons. The van der Waals surface area contributed by atoms with Crippen molar-refractivity contribution in [3.8, 4) is 0 Å². The van der Waals surface area contributed by atoms with Crippen molar-refractivity contribution in [1.82, 2.24) is 4.31 Å². The van der Waals surface area contributed by atoms with Crippen molar-refractivity contribution in [3.05, 3.63) is 29.6 Å². The highest BCUT2D eigenvalue weighted by Crippen LogP contribution is 2.23. The number of halogens is 3. The summed E-state index contributed by atoms with van der Waals surface area (Å²) >= 11 is 0. The molecule has 1 aliphatic heterocycles. The minimum absolute atomic E-state index is 0.127. The molecule has 0 spiro atoms. The molecule has 1 heterocycles. The van der Waals surface area contributed by atoms with Crippen LogP contribution in [0.15, 0.2) is 17.0 Å². The maximum absolute atomic E-state index is 13.6. The van der Waals surface area contributed by atoms with E-state index in [1.54, 1.807) is 0 Å². The Hall–Kier alpha value is -1.65. The lowest BCUT2D eigenvalue weighted by molar-refractivity contribution is -0.132. The zero-order valence-corrected chi connectivity index (χ0v) is 11.4. The monoisotopic (exact) mass is 324 g/mol. The molecule has 1 saturated heterocycles. The van der Waals surface area contributed by atoms with Crippen LogP contribution < -0.4 is 5.73 Å². The van der Waals surface area contributed by atoms with Crippen LogP contribution in [0.5, 0.6) is 0 Å². The van der Waals surface area contributed by atoms with Gasteiger partial charge in [0, 0.05) is 19.2 Å². The number of nitrogens with two attached hydrogens (primary N) is 1. The number of sulfonamides is 1. The third-order valence-corrected chi connectivity index (χ3v) is 4.82. The predicted molar refractivity (Wildman–Crippen MR) is 64.0 cm³/mol. The Kier molecular flexibility index (Phi) is 4.21. The number of amides is 1. The van der Waals surface area contributed by atoms with Gasteiger partial charge in [-0.1, -0.05) is 0 Å². The summed E-state index contributed by atoms with van der Waals surface area (Å²) < 4.78 is 69.8. The fraction of sp³-hybridized carbons (Fsp3) is 0.364. The second-order valence-corrected chi connectivity index (χ2v) is 6.23. The van der Waals surface area contributed by atoms with Crippen LogP contribution in [0.4, 0.5) is 13.2 Å². The fourth-order valence-corrected chi connectivity index (χ4v) is 3.34. The molecule has 1 amide bonds. The molecular weight excluding hydrogens is 313 g/mol. The van der Waals surface area contributed by atoms with Crippen LogP contribution in [0.25, 0.3) is 0 Å². The van der Waals surface area contributed by atoms with Gasteiger partial charge >= 0.3 is 0 Å². The number of benzene rings is 1. The molecule has 0 aliphatic carbocycles. The van der Waals surface area contributed by atoms with Gasteiger partial charge in [0.15, 0.2) is 11.6 Å². The second kappa shape index (κ2) is 5.62. The summed E-state index contributed by atoms with van der Waals surface area (Å²) in [5.41, 5.74) is 5.02. The van der Waals surface area contributed by atoms with E-state index >= 15 is 0 Å². The summed E-state index contributed by atoms with van der Waals surface area (Å²) in [6.45, 7) is -0.710. The topological polar surface area (TPSA) is 89.7 Å².